The van der Waals surface area contributed by atoms with E-state index >= 15 is 0 Å². The van der Waals surface area contributed by atoms with Crippen LogP contribution in [0.3, 0.4) is 0 Å². The van der Waals surface area contributed by atoms with Crippen LogP contribution < -0.4 is 11.1 Å². The number of nitrogens with two attached hydrogens (primary N) is 1. The SMILES string of the molecule is CC(C)[C@H](N)C(=O)N1CCc2ccccc2[C@H]1C(=O)Nc1c(F)cccc1Cl.O=C(O)C(F)(F)F. The molecule has 2 atom stereocenters. The zero-order valence-corrected chi connectivity index (χ0v) is 19.5. The summed E-state index contributed by atoms with van der Waals surface area (Å²) < 4.78 is 45.9. The zero-order valence-electron chi connectivity index (χ0n) is 18.8. The standard InChI is InChI=1S/C21H23ClFN3O2.C2HF3O2/c1-12(2)17(24)21(28)26-11-10-13-6-3-4-7-14(13)19(26)20(27)25-18-15(22)8-5-9-16(18)23;3-2(4,5)1(6)7/h3-9,12,17,19H,10-11,24H2,1-2H3,(H,25,27);(H,6,7)/t17-,19-;/m0./s1. The molecule has 12 heteroatoms. The lowest BCUT2D eigenvalue weighted by Crippen LogP contribution is -2.52. The van der Waals surface area contributed by atoms with E-state index in [1.165, 1.54) is 23.1 Å². The summed E-state index contributed by atoms with van der Waals surface area (Å²) >= 11 is 6.05. The van der Waals surface area contributed by atoms with Crippen LogP contribution in [0, 0.1) is 11.7 Å². The van der Waals surface area contributed by atoms with Gasteiger partial charge in [0.1, 0.15) is 11.9 Å². The molecule has 0 aliphatic carbocycles. The van der Waals surface area contributed by atoms with Crippen LogP contribution in [0.4, 0.5) is 23.2 Å². The maximum Gasteiger partial charge on any atom is 0.490 e. The fourth-order valence-electron chi connectivity index (χ4n) is 3.37. The van der Waals surface area contributed by atoms with Crippen molar-refractivity contribution < 1.29 is 37.1 Å². The van der Waals surface area contributed by atoms with Crippen LogP contribution in [0.5, 0.6) is 0 Å². The second kappa shape index (κ2) is 11.5. The zero-order chi connectivity index (χ0) is 26.5. The van der Waals surface area contributed by atoms with Crippen molar-refractivity contribution in [3.8, 4) is 0 Å². The third kappa shape index (κ3) is 6.92. The molecule has 7 nitrogen and oxygen atoms in total. The first-order chi connectivity index (χ1) is 16.3. The van der Waals surface area contributed by atoms with Gasteiger partial charge in [-0.1, -0.05) is 55.8 Å². The maximum atomic E-state index is 14.2. The smallest absolute Gasteiger partial charge is 0.475 e. The third-order valence-electron chi connectivity index (χ3n) is 5.27. The monoisotopic (exact) mass is 517 g/mol. The summed E-state index contributed by atoms with van der Waals surface area (Å²) in [5, 5.41) is 9.78. The van der Waals surface area contributed by atoms with Gasteiger partial charge in [0.05, 0.1) is 16.8 Å². The Hall–Kier alpha value is -3.18. The molecular formula is C23H24ClF4N3O4. The highest BCUT2D eigenvalue weighted by Crippen LogP contribution is 2.33. The lowest BCUT2D eigenvalue weighted by atomic mass is 9.90. The highest BCUT2D eigenvalue weighted by atomic mass is 35.5. The minimum absolute atomic E-state index is 0.0746. The highest BCUT2D eigenvalue weighted by molar-refractivity contribution is 6.33. The van der Waals surface area contributed by atoms with Gasteiger partial charge in [0.15, 0.2) is 0 Å². The summed E-state index contributed by atoms with van der Waals surface area (Å²) in [4.78, 5) is 36.5. The molecule has 2 aromatic rings. The summed E-state index contributed by atoms with van der Waals surface area (Å²) in [5.74, 6) is -4.30. The van der Waals surface area contributed by atoms with Crippen molar-refractivity contribution in [3.05, 3.63) is 64.4 Å². The Labute approximate surface area is 203 Å². The molecule has 0 spiro atoms. The average molecular weight is 518 g/mol. The third-order valence-corrected chi connectivity index (χ3v) is 5.59. The van der Waals surface area contributed by atoms with E-state index in [4.69, 9.17) is 27.2 Å². The van der Waals surface area contributed by atoms with Crippen molar-refractivity contribution in [2.75, 3.05) is 11.9 Å². The number of nitrogens with zero attached hydrogens (tertiary/aromatic N) is 1. The molecule has 1 aliphatic rings. The molecule has 0 radical (unpaired) electrons. The van der Waals surface area contributed by atoms with Crippen LogP contribution in [0.1, 0.15) is 31.0 Å². The van der Waals surface area contributed by atoms with Crippen LogP contribution in [0.2, 0.25) is 5.02 Å². The molecule has 35 heavy (non-hydrogen) atoms. The van der Waals surface area contributed by atoms with Crippen molar-refractivity contribution in [1.82, 2.24) is 4.90 Å². The number of carbonyl (C=O) groups excluding carboxylic acids is 2. The topological polar surface area (TPSA) is 113 Å². The molecule has 0 unspecified atom stereocenters. The van der Waals surface area contributed by atoms with Crippen molar-refractivity contribution in [2.45, 2.75) is 38.5 Å². The van der Waals surface area contributed by atoms with Gasteiger partial charge in [-0.2, -0.15) is 13.2 Å². The Kier molecular flexibility index (Phi) is 9.22. The molecule has 2 amide bonds. The molecule has 2 aromatic carbocycles. The first-order valence-electron chi connectivity index (χ1n) is 10.4. The quantitative estimate of drug-likeness (QED) is 0.527. The first-order valence-corrected chi connectivity index (χ1v) is 10.8. The van der Waals surface area contributed by atoms with Gasteiger partial charge in [0.25, 0.3) is 5.91 Å². The number of nitrogens with one attached hydrogen (secondary N) is 1. The molecule has 1 heterocycles. The van der Waals surface area contributed by atoms with Crippen molar-refractivity contribution in [3.63, 3.8) is 0 Å². The Balaban J connectivity index is 0.000000540. The van der Waals surface area contributed by atoms with E-state index < -0.39 is 36.0 Å². The maximum absolute atomic E-state index is 14.2. The summed E-state index contributed by atoms with van der Waals surface area (Å²) in [6, 6.07) is 9.97. The number of para-hydroxylation sites is 1. The van der Waals surface area contributed by atoms with E-state index in [2.05, 4.69) is 5.32 Å². The molecule has 0 saturated heterocycles. The van der Waals surface area contributed by atoms with E-state index in [-0.39, 0.29) is 22.5 Å². The molecule has 0 fully saturated rings. The van der Waals surface area contributed by atoms with Crippen LogP contribution in [-0.2, 0) is 20.8 Å². The number of benzene rings is 2. The lowest BCUT2D eigenvalue weighted by molar-refractivity contribution is -0.192. The van der Waals surface area contributed by atoms with Gasteiger partial charge in [-0.15, -0.1) is 0 Å². The van der Waals surface area contributed by atoms with Crippen LogP contribution in [0.15, 0.2) is 42.5 Å². The number of halogens is 5. The van der Waals surface area contributed by atoms with E-state index in [1.807, 2.05) is 38.1 Å². The van der Waals surface area contributed by atoms with E-state index in [1.54, 1.807) is 0 Å². The predicted octanol–water partition coefficient (Wildman–Crippen LogP) is 4.16. The number of fused-ring (bicyclic) bond motifs is 1. The molecular weight excluding hydrogens is 494 g/mol. The van der Waals surface area contributed by atoms with Crippen molar-refractivity contribution in [2.24, 2.45) is 11.7 Å². The second-order valence-corrected chi connectivity index (χ2v) is 8.45. The van der Waals surface area contributed by atoms with Gasteiger partial charge in [-0.3, -0.25) is 9.59 Å². The number of aliphatic carboxylic acids is 1. The predicted molar refractivity (Wildman–Crippen MR) is 121 cm³/mol. The Bertz CT molecular complexity index is 1070. The van der Waals surface area contributed by atoms with E-state index in [9.17, 15) is 27.2 Å². The second-order valence-electron chi connectivity index (χ2n) is 8.04. The van der Waals surface area contributed by atoms with Crippen LogP contribution >= 0.6 is 11.6 Å². The van der Waals surface area contributed by atoms with Gasteiger partial charge >= 0.3 is 12.1 Å². The number of hydrogen-bond donors (Lipinski definition) is 3. The molecule has 190 valence electrons. The minimum Gasteiger partial charge on any atom is -0.475 e. The van der Waals surface area contributed by atoms with Crippen LogP contribution in [0.25, 0.3) is 0 Å². The Morgan fingerprint density at radius 1 is 1.14 bits per heavy atom. The number of rotatable bonds is 4. The number of anilines is 1. The number of carbonyl (C=O) groups is 3. The molecule has 1 aliphatic heterocycles. The van der Waals surface area contributed by atoms with Crippen molar-refractivity contribution >= 4 is 35.1 Å². The number of carboxylic acid groups (broad SMARTS) is 1. The van der Waals surface area contributed by atoms with Gasteiger partial charge in [0.2, 0.25) is 5.91 Å². The number of hydrogen-bond acceptors (Lipinski definition) is 4. The van der Waals surface area contributed by atoms with Gasteiger partial charge in [-0.05, 0) is 35.6 Å². The van der Waals surface area contributed by atoms with Crippen LogP contribution in [-0.4, -0.2) is 46.6 Å². The fraction of sp³-hybridized carbons (Fsp3) is 0.348. The van der Waals surface area contributed by atoms with Gasteiger partial charge in [0, 0.05) is 6.54 Å². The molecule has 4 N–H and O–H groups in total. The number of amides is 2. The summed E-state index contributed by atoms with van der Waals surface area (Å²) in [6.45, 7) is 4.07. The molecule has 0 aromatic heterocycles. The van der Waals surface area contributed by atoms with Gasteiger partial charge in [-0.25, -0.2) is 9.18 Å². The Morgan fingerprint density at radius 3 is 2.29 bits per heavy atom. The number of alkyl halides is 3. The first kappa shape index (κ1) is 28.1. The average Bonchev–Trinajstić information content (AvgIpc) is 2.79. The summed E-state index contributed by atoms with van der Waals surface area (Å²) in [5.41, 5.74) is 7.66. The summed E-state index contributed by atoms with van der Waals surface area (Å²) in [7, 11) is 0. The van der Waals surface area contributed by atoms with E-state index in [0.29, 0.717) is 18.5 Å². The van der Waals surface area contributed by atoms with Gasteiger partial charge < -0.3 is 21.1 Å². The summed E-state index contributed by atoms with van der Waals surface area (Å²) in [6.07, 6.45) is -4.46. The molecule has 0 bridgehead atoms. The highest BCUT2D eigenvalue weighted by Gasteiger charge is 2.39. The molecule has 0 saturated carbocycles. The Morgan fingerprint density at radius 2 is 1.74 bits per heavy atom. The normalized spacial score (nSPS) is 16.0. The number of carboxylic acids is 1. The minimum atomic E-state index is -5.08. The van der Waals surface area contributed by atoms with Crippen molar-refractivity contribution in [1.29, 1.82) is 0 Å². The lowest BCUT2D eigenvalue weighted by Gasteiger charge is -2.38. The largest absolute Gasteiger partial charge is 0.490 e. The fourth-order valence-corrected chi connectivity index (χ4v) is 3.58. The van der Waals surface area contributed by atoms with E-state index in [0.717, 1.165) is 5.56 Å². The molecule has 3 rings (SSSR count).